The normalized spacial score (nSPS) is 11.8. The monoisotopic (exact) mass is 336 g/mol. The van der Waals surface area contributed by atoms with Gasteiger partial charge in [-0.15, -0.1) is 0 Å². The Labute approximate surface area is 138 Å². The molecule has 1 unspecified atom stereocenters. The first kappa shape index (κ1) is 17.7. The number of urea groups is 1. The predicted octanol–water partition coefficient (Wildman–Crippen LogP) is 2.82. The largest absolute Gasteiger partial charge is 0.435 e. The predicted molar refractivity (Wildman–Crippen MR) is 84.7 cm³/mol. The molecule has 0 radical (unpaired) electrons. The van der Waals surface area contributed by atoms with Gasteiger partial charge in [-0.3, -0.25) is 0 Å². The number of amides is 2. The lowest BCUT2D eigenvalue weighted by atomic mass is 10.1. The molecule has 0 aliphatic heterocycles. The third-order valence-electron chi connectivity index (χ3n) is 3.27. The smallest absolute Gasteiger partial charge is 0.387 e. The van der Waals surface area contributed by atoms with Crippen LogP contribution in [0.5, 0.6) is 5.75 Å². The summed E-state index contributed by atoms with van der Waals surface area (Å²) in [6, 6.07) is 14.1. The molecular formula is C17H18F2N2O3. The fourth-order valence-electron chi connectivity index (χ4n) is 2.14. The Morgan fingerprint density at radius 3 is 2.54 bits per heavy atom. The van der Waals surface area contributed by atoms with Gasteiger partial charge in [0.05, 0.1) is 12.6 Å². The van der Waals surface area contributed by atoms with Crippen LogP contribution in [0.2, 0.25) is 0 Å². The first-order chi connectivity index (χ1) is 11.6. The summed E-state index contributed by atoms with van der Waals surface area (Å²) in [6.45, 7) is -3.00. The molecule has 3 N–H and O–H groups in total. The van der Waals surface area contributed by atoms with Crippen molar-refractivity contribution in [1.82, 2.24) is 10.6 Å². The second-order valence-electron chi connectivity index (χ2n) is 5.00. The molecule has 2 amide bonds. The molecule has 24 heavy (non-hydrogen) atoms. The topological polar surface area (TPSA) is 70.6 Å². The molecule has 0 fully saturated rings. The molecule has 0 saturated carbocycles. The van der Waals surface area contributed by atoms with Gasteiger partial charge in [-0.2, -0.15) is 8.78 Å². The van der Waals surface area contributed by atoms with Crippen LogP contribution in [0.3, 0.4) is 0 Å². The molecule has 1 atom stereocenters. The van der Waals surface area contributed by atoms with Crippen molar-refractivity contribution in [1.29, 1.82) is 0 Å². The van der Waals surface area contributed by atoms with Gasteiger partial charge in [-0.05, 0) is 23.3 Å². The highest BCUT2D eigenvalue weighted by Crippen LogP contribution is 2.16. The Balaban J connectivity index is 1.88. The molecule has 0 aliphatic carbocycles. The van der Waals surface area contributed by atoms with E-state index in [-0.39, 0.29) is 18.9 Å². The third-order valence-corrected chi connectivity index (χ3v) is 3.27. The lowest BCUT2D eigenvalue weighted by molar-refractivity contribution is -0.0498. The zero-order valence-corrected chi connectivity index (χ0v) is 12.8. The Kier molecular flexibility index (Phi) is 6.51. The number of carbonyl (C=O) groups is 1. The molecule has 7 heteroatoms. The number of aliphatic hydroxyl groups excluding tert-OH is 1. The molecular weight excluding hydrogens is 318 g/mol. The zero-order valence-electron chi connectivity index (χ0n) is 12.8. The molecule has 2 aromatic rings. The van der Waals surface area contributed by atoms with E-state index in [0.29, 0.717) is 5.56 Å². The van der Waals surface area contributed by atoms with E-state index in [9.17, 15) is 18.7 Å². The van der Waals surface area contributed by atoms with E-state index in [0.717, 1.165) is 5.56 Å². The van der Waals surface area contributed by atoms with Crippen molar-refractivity contribution in [2.75, 3.05) is 6.61 Å². The number of hydrogen-bond donors (Lipinski definition) is 3. The van der Waals surface area contributed by atoms with Crippen LogP contribution in [0.25, 0.3) is 0 Å². The number of aliphatic hydroxyl groups is 1. The second kappa shape index (κ2) is 8.83. The van der Waals surface area contributed by atoms with E-state index >= 15 is 0 Å². The Morgan fingerprint density at radius 2 is 1.88 bits per heavy atom. The van der Waals surface area contributed by atoms with Crippen LogP contribution in [0.1, 0.15) is 17.2 Å². The maximum atomic E-state index is 12.2. The minimum atomic E-state index is -2.90. The van der Waals surface area contributed by atoms with E-state index in [2.05, 4.69) is 15.4 Å². The molecule has 0 aliphatic rings. The summed E-state index contributed by atoms with van der Waals surface area (Å²) in [5.41, 5.74) is 1.39. The van der Waals surface area contributed by atoms with Crippen molar-refractivity contribution in [3.8, 4) is 5.75 Å². The van der Waals surface area contributed by atoms with Crippen molar-refractivity contribution in [2.45, 2.75) is 19.2 Å². The van der Waals surface area contributed by atoms with Gasteiger partial charge >= 0.3 is 12.6 Å². The highest BCUT2D eigenvalue weighted by molar-refractivity contribution is 5.74. The standard InChI is InChI=1S/C17H18F2N2O3/c18-16(19)24-14-8-4-5-12(9-14)10-20-17(23)21-15(11-22)13-6-2-1-3-7-13/h1-9,15-16,22H,10-11H2,(H2,20,21,23). The Hall–Kier alpha value is -2.67. The van der Waals surface area contributed by atoms with E-state index < -0.39 is 18.7 Å². The number of nitrogens with one attached hydrogen (secondary N) is 2. The van der Waals surface area contributed by atoms with Crippen LogP contribution in [0, 0.1) is 0 Å². The fraction of sp³-hybridized carbons (Fsp3) is 0.235. The summed E-state index contributed by atoms with van der Waals surface area (Å²) >= 11 is 0. The van der Waals surface area contributed by atoms with Crippen molar-refractivity contribution in [3.63, 3.8) is 0 Å². The molecule has 0 heterocycles. The minimum absolute atomic E-state index is 0.0298. The lowest BCUT2D eigenvalue weighted by Gasteiger charge is -2.17. The molecule has 0 spiro atoms. The number of hydrogen-bond acceptors (Lipinski definition) is 3. The highest BCUT2D eigenvalue weighted by atomic mass is 19.3. The van der Waals surface area contributed by atoms with Crippen molar-refractivity contribution >= 4 is 6.03 Å². The van der Waals surface area contributed by atoms with Crippen LogP contribution in [-0.2, 0) is 6.54 Å². The Bertz CT molecular complexity index is 653. The highest BCUT2D eigenvalue weighted by Gasteiger charge is 2.13. The van der Waals surface area contributed by atoms with Crippen LogP contribution in [0.4, 0.5) is 13.6 Å². The van der Waals surface area contributed by atoms with E-state index in [1.54, 1.807) is 24.3 Å². The van der Waals surface area contributed by atoms with Crippen molar-refractivity contribution in [2.24, 2.45) is 0 Å². The van der Waals surface area contributed by atoms with Gasteiger partial charge in [-0.1, -0.05) is 42.5 Å². The van der Waals surface area contributed by atoms with E-state index in [1.165, 1.54) is 12.1 Å². The summed E-state index contributed by atoms with van der Waals surface area (Å²) in [7, 11) is 0. The van der Waals surface area contributed by atoms with Gasteiger partial charge in [0, 0.05) is 6.54 Å². The number of alkyl halides is 2. The van der Waals surface area contributed by atoms with Crippen LogP contribution in [0.15, 0.2) is 54.6 Å². The number of ether oxygens (including phenoxy) is 1. The summed E-state index contributed by atoms with van der Waals surface area (Å²) in [5, 5.41) is 14.7. The zero-order chi connectivity index (χ0) is 17.4. The molecule has 5 nitrogen and oxygen atoms in total. The Morgan fingerprint density at radius 1 is 1.12 bits per heavy atom. The van der Waals surface area contributed by atoms with Gasteiger partial charge in [0.1, 0.15) is 5.75 Å². The van der Waals surface area contributed by atoms with Gasteiger partial charge in [0.2, 0.25) is 0 Å². The maximum Gasteiger partial charge on any atom is 0.387 e. The first-order valence-corrected chi connectivity index (χ1v) is 7.32. The van der Waals surface area contributed by atoms with Gasteiger partial charge < -0.3 is 20.5 Å². The molecule has 2 rings (SSSR count). The van der Waals surface area contributed by atoms with Crippen LogP contribution >= 0.6 is 0 Å². The summed E-state index contributed by atoms with van der Waals surface area (Å²) < 4.78 is 28.7. The summed E-state index contributed by atoms with van der Waals surface area (Å²) in [6.07, 6.45) is 0. The SMILES string of the molecule is O=C(NCc1cccc(OC(F)F)c1)NC(CO)c1ccccc1. The molecule has 0 bridgehead atoms. The van der Waals surface area contributed by atoms with Gasteiger partial charge in [0.25, 0.3) is 0 Å². The summed E-state index contributed by atoms with van der Waals surface area (Å²) in [5.74, 6) is 0.0298. The number of rotatable bonds is 7. The van der Waals surface area contributed by atoms with Crippen molar-refractivity contribution in [3.05, 3.63) is 65.7 Å². The fourth-order valence-corrected chi connectivity index (χ4v) is 2.14. The average Bonchev–Trinajstić information content (AvgIpc) is 2.58. The van der Waals surface area contributed by atoms with E-state index in [4.69, 9.17) is 0 Å². The van der Waals surface area contributed by atoms with Crippen LogP contribution in [-0.4, -0.2) is 24.4 Å². The van der Waals surface area contributed by atoms with Gasteiger partial charge in [-0.25, -0.2) is 4.79 Å². The third kappa shape index (κ3) is 5.51. The molecule has 2 aromatic carbocycles. The first-order valence-electron chi connectivity index (χ1n) is 7.32. The number of halogens is 2. The number of benzene rings is 2. The van der Waals surface area contributed by atoms with Gasteiger partial charge in [0.15, 0.2) is 0 Å². The minimum Gasteiger partial charge on any atom is -0.435 e. The second-order valence-corrected chi connectivity index (χ2v) is 5.00. The molecule has 0 saturated heterocycles. The lowest BCUT2D eigenvalue weighted by Crippen LogP contribution is -2.38. The average molecular weight is 336 g/mol. The number of carbonyl (C=O) groups excluding carboxylic acids is 1. The van der Waals surface area contributed by atoms with E-state index in [1.807, 2.05) is 18.2 Å². The molecule has 0 aromatic heterocycles. The summed E-state index contributed by atoms with van der Waals surface area (Å²) in [4.78, 5) is 11.9. The quantitative estimate of drug-likeness (QED) is 0.728. The molecule has 128 valence electrons. The maximum absolute atomic E-state index is 12.2. The van der Waals surface area contributed by atoms with Crippen LogP contribution < -0.4 is 15.4 Å². The van der Waals surface area contributed by atoms with Crippen molar-refractivity contribution < 1.29 is 23.4 Å².